The van der Waals surface area contributed by atoms with Crippen molar-refractivity contribution in [3.05, 3.63) is 47.9 Å². The van der Waals surface area contributed by atoms with Crippen molar-refractivity contribution in [1.29, 1.82) is 0 Å². The van der Waals surface area contributed by atoms with Crippen molar-refractivity contribution >= 4 is 21.7 Å². The van der Waals surface area contributed by atoms with Gasteiger partial charge >= 0.3 is 5.97 Å². The van der Waals surface area contributed by atoms with E-state index in [1.165, 1.54) is 18.4 Å². The Kier molecular flexibility index (Phi) is 6.60. The summed E-state index contributed by atoms with van der Waals surface area (Å²) in [7, 11) is -3.82. The molecule has 2 rings (SSSR count). The second-order valence-corrected chi connectivity index (χ2v) is 7.29. The van der Waals surface area contributed by atoms with Gasteiger partial charge in [-0.25, -0.2) is 17.9 Å². The first kappa shape index (κ1) is 19.0. The number of anilines is 1. The quantitative estimate of drug-likeness (QED) is 0.558. The molecule has 0 amide bonds. The number of benzene rings is 1. The van der Waals surface area contributed by atoms with Crippen molar-refractivity contribution in [2.24, 2.45) is 0 Å². The van der Waals surface area contributed by atoms with Crippen LogP contribution in [0.1, 0.15) is 42.3 Å². The lowest BCUT2D eigenvalue weighted by Crippen LogP contribution is -2.26. The van der Waals surface area contributed by atoms with Crippen LogP contribution in [0.2, 0.25) is 0 Å². The zero-order valence-electron chi connectivity index (χ0n) is 14.0. The van der Waals surface area contributed by atoms with Gasteiger partial charge in [-0.05, 0) is 36.8 Å². The van der Waals surface area contributed by atoms with Gasteiger partial charge < -0.3 is 14.8 Å². The van der Waals surface area contributed by atoms with Gasteiger partial charge in [0.2, 0.25) is 10.0 Å². The van der Waals surface area contributed by atoms with Crippen LogP contribution in [0, 0.1) is 0 Å². The molecule has 0 bridgehead atoms. The summed E-state index contributed by atoms with van der Waals surface area (Å²) in [5, 5.41) is 12.1. The zero-order valence-corrected chi connectivity index (χ0v) is 14.8. The van der Waals surface area contributed by atoms with Gasteiger partial charge in [-0.15, -0.1) is 0 Å². The third kappa shape index (κ3) is 5.33. The largest absolute Gasteiger partial charge is 0.478 e. The molecule has 2 aromatic rings. The molecule has 136 valence electrons. The summed E-state index contributed by atoms with van der Waals surface area (Å²) in [5.74, 6) is -0.540. The van der Waals surface area contributed by atoms with E-state index in [4.69, 9.17) is 9.52 Å². The van der Waals surface area contributed by atoms with E-state index in [9.17, 15) is 13.2 Å². The molecule has 8 heteroatoms. The molecule has 0 atom stereocenters. The van der Waals surface area contributed by atoms with Gasteiger partial charge in [0.25, 0.3) is 0 Å². The highest BCUT2D eigenvalue weighted by atomic mass is 32.2. The van der Waals surface area contributed by atoms with Crippen LogP contribution in [0.3, 0.4) is 0 Å². The van der Waals surface area contributed by atoms with Crippen molar-refractivity contribution in [2.75, 3.05) is 11.9 Å². The van der Waals surface area contributed by atoms with Crippen LogP contribution in [0.5, 0.6) is 0 Å². The third-order valence-electron chi connectivity index (χ3n) is 3.62. The fourth-order valence-electron chi connectivity index (χ4n) is 2.28. The number of nitrogens with one attached hydrogen (secondary N) is 2. The smallest absolute Gasteiger partial charge is 0.335 e. The molecule has 0 fully saturated rings. The molecule has 0 saturated carbocycles. The number of carbonyl (C=O) groups is 1. The maximum atomic E-state index is 12.6. The van der Waals surface area contributed by atoms with Crippen LogP contribution < -0.4 is 10.0 Å². The summed E-state index contributed by atoms with van der Waals surface area (Å²) in [6.45, 7) is 2.63. The first-order chi connectivity index (χ1) is 11.9. The van der Waals surface area contributed by atoms with E-state index in [2.05, 4.69) is 10.0 Å². The number of hydrogen-bond acceptors (Lipinski definition) is 5. The summed E-state index contributed by atoms with van der Waals surface area (Å²) < 4.78 is 32.9. The van der Waals surface area contributed by atoms with Gasteiger partial charge in [-0.3, -0.25) is 0 Å². The molecule has 0 aliphatic carbocycles. The number of rotatable bonds is 10. The molecule has 1 aromatic carbocycles. The highest BCUT2D eigenvalue weighted by Crippen LogP contribution is 2.24. The minimum atomic E-state index is -3.82. The number of furan rings is 1. The summed E-state index contributed by atoms with van der Waals surface area (Å²) in [5.41, 5.74) is 0.238. The molecule has 0 radical (unpaired) electrons. The van der Waals surface area contributed by atoms with Crippen LogP contribution in [0.15, 0.2) is 45.9 Å². The molecular formula is C17H22N2O5S. The fraction of sp³-hybridized carbons (Fsp3) is 0.353. The minimum absolute atomic E-state index is 0.0857. The van der Waals surface area contributed by atoms with Crippen LogP contribution in [-0.4, -0.2) is 26.0 Å². The lowest BCUT2D eigenvalue weighted by atomic mass is 10.2. The standard InChI is InChI=1S/C17H22N2O5S/c1-2-3-4-9-19-25(22,23)16-11-13(17(20)21)7-8-15(16)18-12-14-6-5-10-24-14/h5-8,10-11,18-19H,2-4,9,12H2,1H3,(H,20,21). The molecule has 0 aliphatic rings. The lowest BCUT2D eigenvalue weighted by Gasteiger charge is -2.13. The van der Waals surface area contributed by atoms with Crippen molar-refractivity contribution < 1.29 is 22.7 Å². The third-order valence-corrected chi connectivity index (χ3v) is 5.12. The van der Waals surface area contributed by atoms with Gasteiger partial charge in [-0.2, -0.15) is 0 Å². The van der Waals surface area contributed by atoms with E-state index >= 15 is 0 Å². The predicted molar refractivity (Wildman–Crippen MR) is 94.1 cm³/mol. The second-order valence-electron chi connectivity index (χ2n) is 5.55. The Morgan fingerprint density at radius 2 is 2.04 bits per heavy atom. The van der Waals surface area contributed by atoms with Crippen molar-refractivity contribution in [3.8, 4) is 0 Å². The van der Waals surface area contributed by atoms with Crippen LogP contribution in [-0.2, 0) is 16.6 Å². The Hall–Kier alpha value is -2.32. The topological polar surface area (TPSA) is 109 Å². The van der Waals surface area contributed by atoms with E-state index in [-0.39, 0.29) is 17.0 Å². The monoisotopic (exact) mass is 366 g/mol. The average molecular weight is 366 g/mol. The molecule has 3 N–H and O–H groups in total. The highest BCUT2D eigenvalue weighted by molar-refractivity contribution is 7.89. The molecule has 1 aromatic heterocycles. The highest BCUT2D eigenvalue weighted by Gasteiger charge is 2.20. The van der Waals surface area contributed by atoms with E-state index < -0.39 is 16.0 Å². The van der Waals surface area contributed by atoms with E-state index in [0.29, 0.717) is 18.0 Å². The van der Waals surface area contributed by atoms with Crippen molar-refractivity contribution in [3.63, 3.8) is 0 Å². The number of hydrogen-bond donors (Lipinski definition) is 3. The number of sulfonamides is 1. The normalized spacial score (nSPS) is 11.4. The summed E-state index contributed by atoms with van der Waals surface area (Å²) in [6.07, 6.45) is 4.15. The molecule has 7 nitrogen and oxygen atoms in total. The van der Waals surface area contributed by atoms with Gasteiger partial charge in [0.05, 0.1) is 24.1 Å². The van der Waals surface area contributed by atoms with Gasteiger partial charge in [0.15, 0.2) is 0 Å². The molecule has 25 heavy (non-hydrogen) atoms. The summed E-state index contributed by atoms with van der Waals surface area (Å²) in [6, 6.07) is 7.47. The SMILES string of the molecule is CCCCCNS(=O)(=O)c1cc(C(=O)O)ccc1NCc1ccco1. The summed E-state index contributed by atoms with van der Waals surface area (Å²) in [4.78, 5) is 11.1. The minimum Gasteiger partial charge on any atom is -0.478 e. The maximum absolute atomic E-state index is 12.6. The molecule has 0 saturated heterocycles. The average Bonchev–Trinajstić information content (AvgIpc) is 3.10. The number of aromatic carboxylic acids is 1. The first-order valence-electron chi connectivity index (χ1n) is 8.07. The van der Waals surface area contributed by atoms with Gasteiger partial charge in [0, 0.05) is 6.54 Å². The molecular weight excluding hydrogens is 344 g/mol. The Morgan fingerprint density at radius 1 is 1.24 bits per heavy atom. The second kappa shape index (κ2) is 8.68. The fourth-order valence-corrected chi connectivity index (χ4v) is 3.56. The Morgan fingerprint density at radius 3 is 2.68 bits per heavy atom. The molecule has 1 heterocycles. The molecule has 0 spiro atoms. The lowest BCUT2D eigenvalue weighted by molar-refractivity contribution is 0.0696. The van der Waals surface area contributed by atoms with Crippen LogP contribution in [0.25, 0.3) is 0 Å². The van der Waals surface area contributed by atoms with Crippen molar-refractivity contribution in [2.45, 2.75) is 37.6 Å². The van der Waals surface area contributed by atoms with Crippen LogP contribution in [0.4, 0.5) is 5.69 Å². The Bertz CT molecular complexity index is 800. The summed E-state index contributed by atoms with van der Waals surface area (Å²) >= 11 is 0. The van der Waals surface area contributed by atoms with Crippen molar-refractivity contribution in [1.82, 2.24) is 4.72 Å². The molecule has 0 unspecified atom stereocenters. The number of carboxylic acids is 1. The Labute approximate surface area is 147 Å². The zero-order chi connectivity index (χ0) is 18.3. The Balaban J connectivity index is 2.24. The maximum Gasteiger partial charge on any atom is 0.335 e. The van der Waals surface area contributed by atoms with Gasteiger partial charge in [-0.1, -0.05) is 19.8 Å². The van der Waals surface area contributed by atoms with Crippen LogP contribution >= 0.6 is 0 Å². The first-order valence-corrected chi connectivity index (χ1v) is 9.55. The number of carboxylic acid groups (broad SMARTS) is 1. The van der Waals surface area contributed by atoms with Gasteiger partial charge in [0.1, 0.15) is 10.7 Å². The van der Waals surface area contributed by atoms with E-state index in [1.807, 2.05) is 6.92 Å². The predicted octanol–water partition coefficient (Wildman–Crippen LogP) is 3.06. The van der Waals surface area contributed by atoms with E-state index in [1.54, 1.807) is 12.1 Å². The molecule has 0 aliphatic heterocycles. The van der Waals surface area contributed by atoms with E-state index in [0.717, 1.165) is 25.3 Å². The number of unbranched alkanes of at least 4 members (excludes halogenated alkanes) is 2.